The minimum absolute atomic E-state index is 0.0163. The summed E-state index contributed by atoms with van der Waals surface area (Å²) in [5.41, 5.74) is 2.14. The van der Waals surface area contributed by atoms with Crippen molar-refractivity contribution >= 4 is 34.6 Å². The molecule has 240 valence electrons. The fraction of sp³-hybridized carbons (Fsp3) is 0.667. The average molecular weight is 625 g/mol. The van der Waals surface area contributed by atoms with Crippen molar-refractivity contribution in [3.8, 4) is 0 Å². The third-order valence-corrected chi connectivity index (χ3v) is 9.87. The maximum atomic E-state index is 12.9. The van der Waals surface area contributed by atoms with Crippen LogP contribution in [0.5, 0.6) is 0 Å². The quantitative estimate of drug-likeness (QED) is 0.411. The van der Waals surface area contributed by atoms with E-state index in [4.69, 9.17) is 0 Å². The molecule has 6 aliphatic heterocycles. The van der Waals surface area contributed by atoms with Gasteiger partial charge in [0, 0.05) is 64.4 Å². The topological polar surface area (TPSA) is 62.8 Å². The van der Waals surface area contributed by atoms with Gasteiger partial charge in [-0.15, -0.1) is 0 Å². The van der Waals surface area contributed by atoms with Crippen molar-refractivity contribution in [3.05, 3.63) is 24.3 Å². The number of halogens is 6. The summed E-state index contributed by atoms with van der Waals surface area (Å²) in [5.74, 6) is 0.463. The Hall–Kier alpha value is -3.32. The van der Waals surface area contributed by atoms with Crippen LogP contribution in [0.2, 0.25) is 0 Å². The van der Waals surface area contributed by atoms with Crippen molar-refractivity contribution in [3.63, 3.8) is 0 Å². The van der Waals surface area contributed by atoms with E-state index < -0.39 is 24.2 Å². The summed E-state index contributed by atoms with van der Waals surface area (Å²) in [6.45, 7) is 5.35. The van der Waals surface area contributed by atoms with Crippen LogP contribution in [0.3, 0.4) is 0 Å². The summed E-state index contributed by atoms with van der Waals surface area (Å²) in [5, 5.41) is 6.82. The third-order valence-electron chi connectivity index (χ3n) is 9.87. The van der Waals surface area contributed by atoms with Gasteiger partial charge in [-0.2, -0.15) is 26.3 Å². The number of nitrogens with one attached hydrogen (secondary N) is 2. The van der Waals surface area contributed by atoms with Crippen LogP contribution in [0.15, 0.2) is 24.3 Å². The van der Waals surface area contributed by atoms with E-state index in [1.165, 1.54) is 0 Å². The molecule has 0 radical (unpaired) electrons. The molecular weight excluding hydrogens is 586 g/mol. The molecule has 0 aromatic carbocycles. The number of piperidine rings is 2. The molecule has 2 aromatic rings. The normalized spacial score (nSPS) is 27.6. The minimum atomic E-state index is -4.12. The van der Waals surface area contributed by atoms with Crippen LogP contribution in [-0.2, 0) is 0 Å². The van der Waals surface area contributed by atoms with E-state index in [-0.39, 0.29) is 25.9 Å². The number of alkyl halides is 6. The Morgan fingerprint density at radius 3 is 1.39 bits per heavy atom. The van der Waals surface area contributed by atoms with E-state index in [2.05, 4.69) is 30.4 Å². The molecule has 2 aromatic heterocycles. The number of nitrogens with zero attached hydrogens (tertiary/aromatic N) is 6. The second-order valence-corrected chi connectivity index (χ2v) is 12.9. The molecule has 4 bridgehead atoms. The molecule has 8 heterocycles. The molecule has 44 heavy (non-hydrogen) atoms. The summed E-state index contributed by atoms with van der Waals surface area (Å²) >= 11 is 0. The highest BCUT2D eigenvalue weighted by atomic mass is 19.4. The first kappa shape index (κ1) is 29.4. The monoisotopic (exact) mass is 624 g/mol. The molecule has 4 fully saturated rings. The van der Waals surface area contributed by atoms with Crippen LogP contribution in [0, 0.1) is 11.8 Å². The van der Waals surface area contributed by atoms with Gasteiger partial charge in [0.15, 0.2) is 11.6 Å². The van der Waals surface area contributed by atoms with E-state index >= 15 is 0 Å². The number of fused-ring (bicyclic) bond motifs is 8. The molecule has 8 rings (SSSR count). The van der Waals surface area contributed by atoms with Gasteiger partial charge in [-0.05, 0) is 62.8 Å². The van der Waals surface area contributed by atoms with Gasteiger partial charge in [0.2, 0.25) is 0 Å². The fourth-order valence-electron chi connectivity index (χ4n) is 7.44. The molecule has 2 unspecified atom stereocenters. The van der Waals surface area contributed by atoms with Crippen molar-refractivity contribution in [2.75, 3.05) is 82.6 Å². The maximum absolute atomic E-state index is 12.9. The number of pyridine rings is 2. The lowest BCUT2D eigenvalue weighted by Crippen LogP contribution is -2.42. The van der Waals surface area contributed by atoms with Gasteiger partial charge in [-0.1, -0.05) is 0 Å². The summed E-state index contributed by atoms with van der Waals surface area (Å²) in [4.78, 5) is 17.3. The largest absolute Gasteiger partial charge is 0.393 e. The smallest absolute Gasteiger partial charge is 0.366 e. The Labute approximate surface area is 252 Å². The molecular formula is C30H38F6N8. The Morgan fingerprint density at radius 1 is 0.545 bits per heavy atom. The van der Waals surface area contributed by atoms with E-state index in [9.17, 15) is 26.3 Å². The highest BCUT2D eigenvalue weighted by Crippen LogP contribution is 2.40. The zero-order valence-electron chi connectivity index (χ0n) is 24.5. The lowest BCUT2D eigenvalue weighted by molar-refractivity contribution is -0.176. The Bertz CT molecular complexity index is 1250. The van der Waals surface area contributed by atoms with Crippen molar-refractivity contribution < 1.29 is 26.3 Å². The number of hydrogen-bond donors (Lipinski definition) is 2. The van der Waals surface area contributed by atoms with Crippen molar-refractivity contribution in [2.24, 2.45) is 11.8 Å². The van der Waals surface area contributed by atoms with Gasteiger partial charge in [0.05, 0.1) is 23.2 Å². The number of anilines is 6. The van der Waals surface area contributed by atoms with Crippen LogP contribution in [-0.4, -0.2) is 86.8 Å². The maximum Gasteiger partial charge on any atom is 0.393 e. The Balaban J connectivity index is 0.000000142. The molecule has 6 aliphatic rings. The van der Waals surface area contributed by atoms with E-state index in [1.807, 2.05) is 24.3 Å². The third kappa shape index (κ3) is 5.88. The first-order valence-corrected chi connectivity index (χ1v) is 15.7. The SMILES string of the molecule is FC(F)(F)C1CCCN(c2ccc3c(n2)N[C@@H]2CCN3C2)C1.FC(F)(F)C1CCCN(c2ccc3c(n2)N[C@H]2CCN3C2)C1. The molecule has 4 atom stereocenters. The predicted octanol–water partition coefficient (Wildman–Crippen LogP) is 5.73. The lowest BCUT2D eigenvalue weighted by atomic mass is 9.97. The molecule has 8 nitrogen and oxygen atoms in total. The molecule has 14 heteroatoms. The number of aromatic nitrogens is 2. The van der Waals surface area contributed by atoms with E-state index in [0.717, 1.165) is 62.0 Å². The summed E-state index contributed by atoms with van der Waals surface area (Å²) in [6, 6.07) is 8.53. The highest BCUT2D eigenvalue weighted by molar-refractivity contribution is 5.73. The molecule has 0 spiro atoms. The molecule has 0 aliphatic carbocycles. The average Bonchev–Trinajstić information content (AvgIpc) is 3.59. The van der Waals surface area contributed by atoms with Crippen LogP contribution >= 0.6 is 0 Å². The first-order valence-electron chi connectivity index (χ1n) is 15.7. The van der Waals surface area contributed by atoms with Gasteiger partial charge >= 0.3 is 12.4 Å². The zero-order valence-corrected chi connectivity index (χ0v) is 24.5. The predicted molar refractivity (Wildman–Crippen MR) is 159 cm³/mol. The first-order chi connectivity index (χ1) is 21.0. The van der Waals surface area contributed by atoms with Gasteiger partial charge in [-0.25, -0.2) is 9.97 Å². The van der Waals surface area contributed by atoms with Crippen molar-refractivity contribution in [1.82, 2.24) is 9.97 Å². The van der Waals surface area contributed by atoms with Gasteiger partial charge in [0.1, 0.15) is 11.6 Å². The second-order valence-electron chi connectivity index (χ2n) is 12.9. The van der Waals surface area contributed by atoms with Crippen molar-refractivity contribution in [1.29, 1.82) is 0 Å². The zero-order chi connectivity index (χ0) is 30.6. The van der Waals surface area contributed by atoms with Crippen LogP contribution in [0.25, 0.3) is 0 Å². The van der Waals surface area contributed by atoms with Crippen molar-refractivity contribution in [2.45, 2.75) is 63.0 Å². The number of rotatable bonds is 2. The summed E-state index contributed by atoms with van der Waals surface area (Å²) in [7, 11) is 0. The Kier molecular flexibility index (Phi) is 7.51. The van der Waals surface area contributed by atoms with E-state index in [0.29, 0.717) is 49.7 Å². The van der Waals surface area contributed by atoms with Gasteiger partial charge in [0.25, 0.3) is 0 Å². The summed E-state index contributed by atoms with van der Waals surface area (Å²) < 4.78 is 77.7. The lowest BCUT2D eigenvalue weighted by Gasteiger charge is -2.35. The van der Waals surface area contributed by atoms with E-state index in [1.54, 1.807) is 9.80 Å². The summed E-state index contributed by atoms with van der Waals surface area (Å²) in [6.07, 6.45) is -4.49. The minimum Gasteiger partial charge on any atom is -0.366 e. The Morgan fingerprint density at radius 2 is 0.977 bits per heavy atom. The second kappa shape index (κ2) is 11.2. The van der Waals surface area contributed by atoms with Crippen LogP contribution < -0.4 is 30.2 Å². The van der Waals surface area contributed by atoms with Gasteiger partial charge in [-0.3, -0.25) is 0 Å². The highest BCUT2D eigenvalue weighted by Gasteiger charge is 2.43. The fourth-order valence-corrected chi connectivity index (χ4v) is 7.44. The molecule has 2 N–H and O–H groups in total. The molecule has 0 saturated carbocycles. The molecule has 0 amide bonds. The van der Waals surface area contributed by atoms with Gasteiger partial charge < -0.3 is 30.2 Å². The standard InChI is InChI=1S/2C15H19F3N4/c2*16-15(17,18)10-2-1-6-22(8-10)13-4-3-12-14(20-13)19-11-5-7-21(12)9-11/h2*3-4,10-11H,1-2,5-9H2,(H,19,20)/t2*10?,11-/m10/s1. The molecule has 4 saturated heterocycles. The van der Waals surface area contributed by atoms with Crippen LogP contribution in [0.1, 0.15) is 38.5 Å². The van der Waals surface area contributed by atoms with Crippen LogP contribution in [0.4, 0.5) is 61.0 Å². The number of hydrogen-bond acceptors (Lipinski definition) is 8.